The molecule has 0 saturated heterocycles. The number of amides is 2. The fraction of sp³-hybridized carbons (Fsp3) is 0.300. The molecule has 7 heteroatoms. The van der Waals surface area contributed by atoms with E-state index in [2.05, 4.69) is 5.32 Å². The van der Waals surface area contributed by atoms with Crippen LogP contribution < -0.4 is 11.1 Å². The average molecular weight is 423 g/mol. The molecule has 2 aromatic rings. The highest BCUT2D eigenvalue weighted by atomic mass is 35.5. The molecule has 142 valence electrons. The largest absolute Gasteiger partial charge is 0.365 e. The third-order valence-corrected chi connectivity index (χ3v) is 6.47. The number of hydrogen-bond acceptors (Lipinski definition) is 3. The number of benzene rings is 1. The lowest BCUT2D eigenvalue weighted by Crippen LogP contribution is -2.17. The SMILES string of the molecule is NC(=O)c1c(NC(=O)C=Cc2ccc(Cl)c(Cl)c2)sc2c1CCCCCC2. The summed E-state index contributed by atoms with van der Waals surface area (Å²) in [5.74, 6) is -0.811. The molecule has 0 unspecified atom stereocenters. The number of hydrogen-bond donors (Lipinski definition) is 2. The van der Waals surface area contributed by atoms with Crippen molar-refractivity contribution in [1.82, 2.24) is 0 Å². The highest BCUT2D eigenvalue weighted by molar-refractivity contribution is 7.17. The molecule has 0 fully saturated rings. The maximum atomic E-state index is 12.4. The Labute approximate surface area is 172 Å². The number of rotatable bonds is 4. The van der Waals surface area contributed by atoms with Crippen molar-refractivity contribution in [3.63, 3.8) is 0 Å². The van der Waals surface area contributed by atoms with Crippen molar-refractivity contribution in [3.05, 3.63) is 55.9 Å². The van der Waals surface area contributed by atoms with Crippen molar-refractivity contribution in [1.29, 1.82) is 0 Å². The summed E-state index contributed by atoms with van der Waals surface area (Å²) in [4.78, 5) is 25.5. The van der Waals surface area contributed by atoms with Crippen molar-refractivity contribution in [2.24, 2.45) is 5.73 Å². The number of halogens is 2. The van der Waals surface area contributed by atoms with Crippen LogP contribution in [0.25, 0.3) is 6.08 Å². The molecule has 0 radical (unpaired) electrons. The second-order valence-corrected chi connectivity index (χ2v) is 8.40. The van der Waals surface area contributed by atoms with Gasteiger partial charge < -0.3 is 11.1 Å². The minimum Gasteiger partial charge on any atom is -0.365 e. The molecular weight excluding hydrogens is 403 g/mol. The molecule has 3 N–H and O–H groups in total. The van der Waals surface area contributed by atoms with E-state index in [0.29, 0.717) is 20.6 Å². The van der Waals surface area contributed by atoms with Gasteiger partial charge in [0.25, 0.3) is 5.91 Å². The van der Waals surface area contributed by atoms with Crippen molar-refractivity contribution >= 4 is 57.4 Å². The molecule has 27 heavy (non-hydrogen) atoms. The zero-order chi connectivity index (χ0) is 19.4. The van der Waals surface area contributed by atoms with Gasteiger partial charge in [-0.1, -0.05) is 42.1 Å². The molecule has 1 heterocycles. The lowest BCUT2D eigenvalue weighted by Gasteiger charge is -2.10. The molecule has 0 saturated carbocycles. The van der Waals surface area contributed by atoms with Crippen LogP contribution in [-0.2, 0) is 17.6 Å². The van der Waals surface area contributed by atoms with Crippen LogP contribution in [0.1, 0.15) is 52.0 Å². The Morgan fingerprint density at radius 1 is 1.07 bits per heavy atom. The van der Waals surface area contributed by atoms with Crippen molar-refractivity contribution < 1.29 is 9.59 Å². The Morgan fingerprint density at radius 3 is 2.52 bits per heavy atom. The van der Waals surface area contributed by atoms with E-state index < -0.39 is 5.91 Å². The van der Waals surface area contributed by atoms with Crippen LogP contribution in [0.15, 0.2) is 24.3 Å². The molecule has 3 rings (SSSR count). The molecule has 0 bridgehead atoms. The quantitative estimate of drug-likeness (QED) is 0.641. The van der Waals surface area contributed by atoms with E-state index in [9.17, 15) is 9.59 Å². The first-order chi connectivity index (χ1) is 13.0. The summed E-state index contributed by atoms with van der Waals surface area (Å²) >= 11 is 13.3. The van der Waals surface area contributed by atoms with Crippen LogP contribution in [0.3, 0.4) is 0 Å². The lowest BCUT2D eigenvalue weighted by molar-refractivity contribution is -0.111. The Balaban J connectivity index is 1.80. The number of nitrogens with two attached hydrogens (primary N) is 1. The monoisotopic (exact) mass is 422 g/mol. The smallest absolute Gasteiger partial charge is 0.251 e. The standard InChI is InChI=1S/C20H20Cl2N2O2S/c21-14-9-7-12(11-15(14)22)8-10-17(25)24-20-18(19(23)26)13-5-3-1-2-4-6-16(13)27-20/h7-11H,1-6H2,(H2,23,26)(H,24,25). The van der Waals surface area contributed by atoms with Gasteiger partial charge in [-0.3, -0.25) is 9.59 Å². The van der Waals surface area contributed by atoms with Crippen LogP contribution in [0, 0.1) is 0 Å². The van der Waals surface area contributed by atoms with Crippen LogP contribution in [0.2, 0.25) is 10.0 Å². The Morgan fingerprint density at radius 2 is 1.81 bits per heavy atom. The highest BCUT2D eigenvalue weighted by Crippen LogP contribution is 2.36. The van der Waals surface area contributed by atoms with Gasteiger partial charge >= 0.3 is 0 Å². The first-order valence-corrected chi connectivity index (χ1v) is 10.4. The number of primary amides is 1. The third kappa shape index (κ3) is 4.92. The second-order valence-electron chi connectivity index (χ2n) is 6.48. The molecule has 0 aliphatic heterocycles. The third-order valence-electron chi connectivity index (χ3n) is 4.53. The number of thiophene rings is 1. The van der Waals surface area contributed by atoms with Gasteiger partial charge in [0.15, 0.2) is 0 Å². The van der Waals surface area contributed by atoms with Gasteiger partial charge in [0.2, 0.25) is 5.91 Å². The summed E-state index contributed by atoms with van der Waals surface area (Å²) < 4.78 is 0. The average Bonchev–Trinajstić information content (AvgIpc) is 2.92. The van der Waals surface area contributed by atoms with Crippen LogP contribution in [-0.4, -0.2) is 11.8 Å². The van der Waals surface area contributed by atoms with Gasteiger partial charge in [0, 0.05) is 11.0 Å². The van der Waals surface area contributed by atoms with Gasteiger partial charge in [0.05, 0.1) is 15.6 Å². The highest BCUT2D eigenvalue weighted by Gasteiger charge is 2.23. The first-order valence-electron chi connectivity index (χ1n) is 8.84. The zero-order valence-corrected chi connectivity index (χ0v) is 17.0. The summed E-state index contributed by atoms with van der Waals surface area (Å²) in [6.45, 7) is 0. The summed E-state index contributed by atoms with van der Waals surface area (Å²) in [7, 11) is 0. The minimum absolute atomic E-state index is 0.321. The number of carbonyl (C=O) groups excluding carboxylic acids is 2. The summed E-state index contributed by atoms with van der Waals surface area (Å²) in [5, 5.41) is 4.24. The van der Waals surface area contributed by atoms with E-state index in [1.54, 1.807) is 24.3 Å². The first kappa shape index (κ1) is 19.9. The van der Waals surface area contributed by atoms with Gasteiger partial charge in [-0.05, 0) is 55.0 Å². The molecule has 4 nitrogen and oxygen atoms in total. The lowest BCUT2D eigenvalue weighted by atomic mass is 9.96. The van der Waals surface area contributed by atoms with Crippen molar-refractivity contribution in [2.75, 3.05) is 5.32 Å². The molecule has 0 spiro atoms. The zero-order valence-electron chi connectivity index (χ0n) is 14.7. The van der Waals surface area contributed by atoms with Crippen molar-refractivity contribution in [2.45, 2.75) is 38.5 Å². The predicted molar refractivity (Wildman–Crippen MR) is 113 cm³/mol. The van der Waals surface area contributed by atoms with E-state index in [1.165, 1.54) is 23.8 Å². The summed E-state index contributed by atoms with van der Waals surface area (Å²) in [5.41, 5.74) is 7.85. The van der Waals surface area contributed by atoms with Crippen LogP contribution >= 0.6 is 34.5 Å². The van der Waals surface area contributed by atoms with Gasteiger partial charge in [0.1, 0.15) is 5.00 Å². The van der Waals surface area contributed by atoms with Gasteiger partial charge in [-0.25, -0.2) is 0 Å². The van der Waals surface area contributed by atoms with E-state index in [1.807, 2.05) is 0 Å². The molecular formula is C20H20Cl2N2O2S. The summed E-state index contributed by atoms with van der Waals surface area (Å²) in [6.07, 6.45) is 9.28. The van der Waals surface area contributed by atoms with Crippen LogP contribution in [0.4, 0.5) is 5.00 Å². The van der Waals surface area contributed by atoms with E-state index in [4.69, 9.17) is 28.9 Å². The van der Waals surface area contributed by atoms with Gasteiger partial charge in [-0.15, -0.1) is 11.3 Å². The minimum atomic E-state index is -0.489. The fourth-order valence-electron chi connectivity index (χ4n) is 3.21. The molecule has 1 aromatic heterocycles. The van der Waals surface area contributed by atoms with E-state index in [0.717, 1.165) is 48.1 Å². The Hall–Kier alpha value is -1.82. The maximum Gasteiger partial charge on any atom is 0.251 e. The van der Waals surface area contributed by atoms with Crippen LogP contribution in [0.5, 0.6) is 0 Å². The molecule has 0 atom stereocenters. The topological polar surface area (TPSA) is 72.2 Å². The molecule has 1 aliphatic carbocycles. The second kappa shape index (κ2) is 8.91. The number of anilines is 1. The fourth-order valence-corrected chi connectivity index (χ4v) is 4.81. The van der Waals surface area contributed by atoms with E-state index in [-0.39, 0.29) is 5.91 Å². The summed E-state index contributed by atoms with van der Waals surface area (Å²) in [6, 6.07) is 5.12. The number of aryl methyl sites for hydroxylation is 1. The predicted octanol–water partition coefficient (Wildman–Crippen LogP) is 5.46. The number of carbonyl (C=O) groups is 2. The molecule has 2 amide bonds. The molecule has 1 aromatic carbocycles. The number of nitrogens with one attached hydrogen (secondary N) is 1. The maximum absolute atomic E-state index is 12.4. The number of fused-ring (bicyclic) bond motifs is 1. The van der Waals surface area contributed by atoms with Gasteiger partial charge in [-0.2, -0.15) is 0 Å². The van der Waals surface area contributed by atoms with Crippen molar-refractivity contribution in [3.8, 4) is 0 Å². The van der Waals surface area contributed by atoms with E-state index >= 15 is 0 Å². The Bertz CT molecular complexity index is 906. The molecule has 1 aliphatic rings. The Kier molecular flexibility index (Phi) is 6.58. The normalized spacial score (nSPS) is 14.4.